The molecule has 7 nitrogen and oxygen atoms in total. The van der Waals surface area contributed by atoms with Crippen LogP contribution in [-0.2, 0) is 16.0 Å². The van der Waals surface area contributed by atoms with Crippen LogP contribution in [0.3, 0.4) is 0 Å². The van der Waals surface area contributed by atoms with Crippen molar-refractivity contribution in [2.45, 2.75) is 32.7 Å². The first-order valence-electron chi connectivity index (χ1n) is 7.66. The zero-order valence-electron chi connectivity index (χ0n) is 13.8. The number of anilines is 1. The number of carbonyl (C=O) groups excluding carboxylic acids is 2. The Bertz CT molecular complexity index is 740. The Hall–Kier alpha value is -2.26. The highest BCUT2D eigenvalue weighted by Crippen LogP contribution is 2.18. The number of carboxylic acids is 1. The van der Waals surface area contributed by atoms with E-state index >= 15 is 0 Å². The molecule has 0 aromatic carbocycles. The Labute approximate surface area is 153 Å². The third-order valence-electron chi connectivity index (χ3n) is 3.20. The van der Waals surface area contributed by atoms with Crippen molar-refractivity contribution in [3.05, 3.63) is 33.5 Å². The summed E-state index contributed by atoms with van der Waals surface area (Å²) in [6.45, 7) is 3.79. The number of amides is 2. The van der Waals surface area contributed by atoms with Gasteiger partial charge in [-0.2, -0.15) is 0 Å². The molecule has 0 spiro atoms. The van der Waals surface area contributed by atoms with Gasteiger partial charge < -0.3 is 10.4 Å². The number of aliphatic carboxylic acids is 1. The van der Waals surface area contributed by atoms with E-state index in [4.69, 9.17) is 5.11 Å². The zero-order valence-corrected chi connectivity index (χ0v) is 15.4. The number of aromatic nitrogens is 1. The third kappa shape index (κ3) is 5.95. The molecule has 2 amide bonds. The summed E-state index contributed by atoms with van der Waals surface area (Å²) in [5.74, 6) is -1.55. The van der Waals surface area contributed by atoms with Gasteiger partial charge in [0.05, 0.1) is 17.0 Å². The summed E-state index contributed by atoms with van der Waals surface area (Å²) in [5, 5.41) is 18.2. The molecule has 25 heavy (non-hydrogen) atoms. The monoisotopic (exact) mass is 381 g/mol. The number of thiazole rings is 1. The maximum Gasteiger partial charge on any atom is 0.326 e. The first kappa shape index (κ1) is 19.1. The summed E-state index contributed by atoms with van der Waals surface area (Å²) in [5.41, 5.74) is 0.484. The molecule has 0 unspecified atom stereocenters. The van der Waals surface area contributed by atoms with E-state index in [0.717, 1.165) is 0 Å². The highest BCUT2D eigenvalue weighted by Gasteiger charge is 2.21. The molecule has 0 aliphatic rings. The van der Waals surface area contributed by atoms with Crippen LogP contribution in [-0.4, -0.2) is 33.9 Å². The lowest BCUT2D eigenvalue weighted by atomic mass is 10.0. The second-order valence-electron chi connectivity index (χ2n) is 5.84. The predicted octanol–water partition coefficient (Wildman–Crippen LogP) is 2.61. The molecule has 0 fully saturated rings. The molecule has 1 atom stereocenters. The Morgan fingerprint density at radius 1 is 1.28 bits per heavy atom. The fourth-order valence-electron chi connectivity index (χ4n) is 2.11. The molecule has 2 heterocycles. The lowest BCUT2D eigenvalue weighted by Gasteiger charge is -2.16. The molecule has 3 N–H and O–H groups in total. The fraction of sp³-hybridized carbons (Fsp3) is 0.375. The number of nitrogens with one attached hydrogen (secondary N) is 2. The molecule has 0 saturated heterocycles. The van der Waals surface area contributed by atoms with Crippen LogP contribution in [0.15, 0.2) is 22.9 Å². The van der Waals surface area contributed by atoms with Crippen molar-refractivity contribution >= 4 is 45.6 Å². The highest BCUT2D eigenvalue weighted by atomic mass is 32.1. The van der Waals surface area contributed by atoms with E-state index in [-0.39, 0.29) is 18.2 Å². The molecule has 2 aromatic rings. The second kappa shape index (κ2) is 8.72. The Morgan fingerprint density at radius 2 is 2.04 bits per heavy atom. The van der Waals surface area contributed by atoms with Crippen LogP contribution in [0.2, 0.25) is 0 Å². The van der Waals surface area contributed by atoms with Gasteiger partial charge in [0.25, 0.3) is 5.91 Å². The summed E-state index contributed by atoms with van der Waals surface area (Å²) in [4.78, 5) is 39.9. The van der Waals surface area contributed by atoms with Crippen molar-refractivity contribution in [3.8, 4) is 0 Å². The minimum atomic E-state index is -1.05. The smallest absolute Gasteiger partial charge is 0.326 e. The maximum absolute atomic E-state index is 12.0. The number of hydrogen-bond donors (Lipinski definition) is 3. The lowest BCUT2D eigenvalue weighted by molar-refractivity contribution is -0.142. The molecule has 9 heteroatoms. The quantitative estimate of drug-likeness (QED) is 0.651. The van der Waals surface area contributed by atoms with Gasteiger partial charge in [0.15, 0.2) is 5.13 Å². The van der Waals surface area contributed by atoms with Gasteiger partial charge in [0.2, 0.25) is 5.91 Å². The molecule has 0 aliphatic carbocycles. The summed E-state index contributed by atoms with van der Waals surface area (Å²) < 4.78 is 0. The molecular weight excluding hydrogens is 362 g/mol. The topological polar surface area (TPSA) is 108 Å². The van der Waals surface area contributed by atoms with Gasteiger partial charge in [0.1, 0.15) is 6.04 Å². The van der Waals surface area contributed by atoms with Crippen molar-refractivity contribution in [2.24, 2.45) is 5.92 Å². The van der Waals surface area contributed by atoms with Gasteiger partial charge in [-0.1, -0.05) is 19.9 Å². The Morgan fingerprint density at radius 3 is 2.64 bits per heavy atom. The first-order valence-corrected chi connectivity index (χ1v) is 9.42. The number of nitrogens with zero attached hydrogens (tertiary/aromatic N) is 1. The summed E-state index contributed by atoms with van der Waals surface area (Å²) in [6, 6.07) is 2.58. The molecule has 0 radical (unpaired) electrons. The average molecular weight is 381 g/mol. The van der Waals surface area contributed by atoms with E-state index < -0.39 is 17.9 Å². The first-order chi connectivity index (χ1) is 11.8. The predicted molar refractivity (Wildman–Crippen MR) is 97.1 cm³/mol. The van der Waals surface area contributed by atoms with Crippen LogP contribution >= 0.6 is 22.7 Å². The highest BCUT2D eigenvalue weighted by molar-refractivity contribution is 7.14. The number of hydrogen-bond acceptors (Lipinski definition) is 6. The van der Waals surface area contributed by atoms with Crippen LogP contribution in [0, 0.1) is 5.92 Å². The van der Waals surface area contributed by atoms with Crippen molar-refractivity contribution in [1.82, 2.24) is 10.3 Å². The van der Waals surface area contributed by atoms with Crippen LogP contribution in [0.5, 0.6) is 0 Å². The van der Waals surface area contributed by atoms with E-state index in [0.29, 0.717) is 22.1 Å². The zero-order chi connectivity index (χ0) is 18.4. The van der Waals surface area contributed by atoms with Crippen LogP contribution in [0.4, 0.5) is 5.13 Å². The lowest BCUT2D eigenvalue weighted by Crippen LogP contribution is -2.42. The molecule has 0 bridgehead atoms. The molecule has 2 aromatic heterocycles. The fourth-order valence-corrected chi connectivity index (χ4v) is 3.44. The molecule has 0 saturated carbocycles. The molecule has 134 valence electrons. The summed E-state index contributed by atoms with van der Waals surface area (Å²) in [6.07, 6.45) is 0.327. The Kier molecular flexibility index (Phi) is 6.65. The SMILES string of the molecule is CC(C)C[C@H](NC(=O)Cc1csc(NC(=O)c2cccs2)n1)C(=O)O. The van der Waals surface area contributed by atoms with Crippen LogP contribution < -0.4 is 10.6 Å². The minimum Gasteiger partial charge on any atom is -0.480 e. The largest absolute Gasteiger partial charge is 0.480 e. The molecule has 2 rings (SSSR count). The van der Waals surface area contributed by atoms with Crippen molar-refractivity contribution in [3.63, 3.8) is 0 Å². The average Bonchev–Trinajstić information content (AvgIpc) is 3.17. The number of carbonyl (C=O) groups is 3. The summed E-state index contributed by atoms with van der Waals surface area (Å²) in [7, 11) is 0. The number of rotatable bonds is 8. The van der Waals surface area contributed by atoms with E-state index in [2.05, 4.69) is 15.6 Å². The van der Waals surface area contributed by atoms with Crippen LogP contribution in [0.1, 0.15) is 35.6 Å². The van der Waals surface area contributed by atoms with E-state index in [1.54, 1.807) is 17.5 Å². The molecular formula is C16H19N3O4S2. The van der Waals surface area contributed by atoms with E-state index in [9.17, 15) is 14.4 Å². The maximum atomic E-state index is 12.0. The third-order valence-corrected chi connectivity index (χ3v) is 4.87. The van der Waals surface area contributed by atoms with E-state index in [1.807, 2.05) is 19.2 Å². The second-order valence-corrected chi connectivity index (χ2v) is 7.65. The Balaban J connectivity index is 1.90. The standard InChI is InChI=1S/C16H19N3O4S2/c1-9(2)6-11(15(22)23)18-13(20)7-10-8-25-16(17-10)19-14(21)12-4-3-5-24-12/h3-5,8-9,11H,6-7H2,1-2H3,(H,18,20)(H,22,23)(H,17,19,21)/t11-/m0/s1. The van der Waals surface area contributed by atoms with Gasteiger partial charge >= 0.3 is 5.97 Å². The normalized spacial score (nSPS) is 12.0. The van der Waals surface area contributed by atoms with Gasteiger partial charge in [-0.15, -0.1) is 22.7 Å². The van der Waals surface area contributed by atoms with Gasteiger partial charge in [0, 0.05) is 5.38 Å². The van der Waals surface area contributed by atoms with Crippen molar-refractivity contribution in [2.75, 3.05) is 5.32 Å². The van der Waals surface area contributed by atoms with Crippen molar-refractivity contribution in [1.29, 1.82) is 0 Å². The minimum absolute atomic E-state index is 0.0345. The number of carboxylic acid groups (broad SMARTS) is 1. The van der Waals surface area contributed by atoms with E-state index in [1.165, 1.54) is 22.7 Å². The summed E-state index contributed by atoms with van der Waals surface area (Å²) >= 11 is 2.55. The van der Waals surface area contributed by atoms with Gasteiger partial charge in [-0.05, 0) is 23.8 Å². The van der Waals surface area contributed by atoms with Gasteiger partial charge in [-0.3, -0.25) is 14.9 Å². The van der Waals surface area contributed by atoms with Gasteiger partial charge in [-0.25, -0.2) is 9.78 Å². The number of thiophene rings is 1. The molecule has 0 aliphatic heterocycles. The van der Waals surface area contributed by atoms with Crippen LogP contribution in [0.25, 0.3) is 0 Å². The van der Waals surface area contributed by atoms with Crippen molar-refractivity contribution < 1.29 is 19.5 Å².